The lowest BCUT2D eigenvalue weighted by Crippen LogP contribution is -2.25. The fourth-order valence-corrected chi connectivity index (χ4v) is 5.04. The van der Waals surface area contributed by atoms with Gasteiger partial charge in [-0.15, -0.1) is 10.2 Å². The Hall–Kier alpha value is -3.22. The van der Waals surface area contributed by atoms with Gasteiger partial charge in [0.15, 0.2) is 0 Å². The number of hydrogen-bond donors (Lipinski definition) is 1. The van der Waals surface area contributed by atoms with Crippen molar-refractivity contribution in [2.75, 3.05) is 0 Å². The molecule has 1 aliphatic carbocycles. The maximum absolute atomic E-state index is 15.0. The molecule has 2 atom stereocenters. The van der Waals surface area contributed by atoms with Crippen LogP contribution in [0.3, 0.4) is 0 Å². The van der Waals surface area contributed by atoms with Crippen molar-refractivity contribution in [3.8, 4) is 34.0 Å². The molecule has 3 aromatic rings. The molecule has 0 bridgehead atoms. The van der Waals surface area contributed by atoms with Crippen molar-refractivity contribution in [3.05, 3.63) is 58.8 Å². The van der Waals surface area contributed by atoms with E-state index in [2.05, 4.69) is 24.0 Å². The Morgan fingerprint density at radius 1 is 1.18 bits per heavy atom. The summed E-state index contributed by atoms with van der Waals surface area (Å²) in [5.41, 5.74) is 1.19. The molecule has 180 valence electrons. The summed E-state index contributed by atoms with van der Waals surface area (Å²) in [7, 11) is 1.64. The molecule has 0 spiro atoms. The first kappa shape index (κ1) is 23.9. The van der Waals surface area contributed by atoms with E-state index >= 15 is 0 Å². The second kappa shape index (κ2) is 9.95. The minimum Gasteiger partial charge on any atom is -0.507 e. The lowest BCUT2D eigenvalue weighted by Gasteiger charge is -2.30. The van der Waals surface area contributed by atoms with Crippen molar-refractivity contribution < 1.29 is 14.2 Å². The topological polar surface area (TPSA) is 77.2 Å². The summed E-state index contributed by atoms with van der Waals surface area (Å²) in [6, 6.07) is 9.10. The largest absolute Gasteiger partial charge is 0.507 e. The summed E-state index contributed by atoms with van der Waals surface area (Å²) in [6.07, 6.45) is 9.58. The van der Waals surface area contributed by atoms with Crippen molar-refractivity contribution in [1.82, 2.24) is 14.8 Å². The summed E-state index contributed by atoms with van der Waals surface area (Å²) in [4.78, 5) is 11.9. The third kappa shape index (κ3) is 5.29. The third-order valence-corrected chi connectivity index (χ3v) is 6.82. The van der Waals surface area contributed by atoms with E-state index in [0.29, 0.717) is 17.0 Å². The van der Waals surface area contributed by atoms with E-state index in [-0.39, 0.29) is 34.1 Å². The maximum atomic E-state index is 15.0. The summed E-state index contributed by atoms with van der Waals surface area (Å²) >= 11 is 0. The van der Waals surface area contributed by atoms with E-state index in [4.69, 9.17) is 4.74 Å². The molecule has 34 heavy (non-hydrogen) atoms. The first-order valence-corrected chi connectivity index (χ1v) is 12.0. The van der Waals surface area contributed by atoms with Crippen molar-refractivity contribution in [2.45, 2.75) is 64.9 Å². The van der Waals surface area contributed by atoms with Crippen LogP contribution in [0.25, 0.3) is 22.4 Å². The molecule has 0 amide bonds. The summed E-state index contributed by atoms with van der Waals surface area (Å²) in [5, 5.41) is 18.9. The molecule has 0 unspecified atom stereocenters. The molecule has 0 aliphatic heterocycles. The smallest absolute Gasteiger partial charge is 0.250 e. The number of nitrogens with zero attached hydrogens (tertiary/aromatic N) is 3. The lowest BCUT2D eigenvalue weighted by atomic mass is 9.78. The fourth-order valence-electron chi connectivity index (χ4n) is 5.04. The SMILES string of the molecule is CCC[C@]1(C)CCCC[C@H](Oc2ccc(-c3c(O)cc(-c4ccn(C)c(=O)c4)cc3F)nn2)C1. The molecule has 1 fully saturated rings. The van der Waals surface area contributed by atoms with Crippen LogP contribution >= 0.6 is 0 Å². The van der Waals surface area contributed by atoms with Gasteiger partial charge in [0.1, 0.15) is 17.7 Å². The number of phenolic OH excluding ortho intramolecular Hbond substituents is 1. The average molecular weight is 466 g/mol. The van der Waals surface area contributed by atoms with Crippen LogP contribution in [0.2, 0.25) is 0 Å². The molecule has 0 radical (unpaired) electrons. The molecule has 4 rings (SSSR count). The fraction of sp³-hybridized carbons (Fsp3) is 0.444. The first-order chi connectivity index (χ1) is 16.3. The van der Waals surface area contributed by atoms with Crippen molar-refractivity contribution in [3.63, 3.8) is 0 Å². The van der Waals surface area contributed by atoms with Crippen LogP contribution in [-0.2, 0) is 7.05 Å². The molecular weight excluding hydrogens is 433 g/mol. The Labute approximate surface area is 199 Å². The number of aryl methyl sites for hydroxylation is 1. The third-order valence-electron chi connectivity index (χ3n) is 6.82. The van der Waals surface area contributed by atoms with Crippen LogP contribution < -0.4 is 10.3 Å². The number of phenols is 1. The minimum atomic E-state index is -0.641. The van der Waals surface area contributed by atoms with Crippen LogP contribution in [0.4, 0.5) is 4.39 Å². The van der Waals surface area contributed by atoms with Gasteiger partial charge in [-0.05, 0) is 72.9 Å². The normalized spacial score (nSPS) is 20.6. The molecule has 6 nitrogen and oxygen atoms in total. The molecule has 1 aromatic carbocycles. The van der Waals surface area contributed by atoms with E-state index in [1.807, 2.05) is 0 Å². The molecule has 7 heteroatoms. The second-order valence-corrected chi connectivity index (χ2v) is 9.72. The van der Waals surface area contributed by atoms with Gasteiger partial charge in [0.25, 0.3) is 5.56 Å². The van der Waals surface area contributed by atoms with E-state index in [9.17, 15) is 14.3 Å². The second-order valence-electron chi connectivity index (χ2n) is 9.72. The van der Waals surface area contributed by atoms with Gasteiger partial charge in [-0.1, -0.05) is 26.7 Å². The van der Waals surface area contributed by atoms with Crippen molar-refractivity contribution >= 4 is 0 Å². The van der Waals surface area contributed by atoms with Gasteiger partial charge >= 0.3 is 0 Å². The number of hydrogen-bond acceptors (Lipinski definition) is 5. The van der Waals surface area contributed by atoms with Gasteiger partial charge < -0.3 is 14.4 Å². The molecule has 1 aliphatic rings. The van der Waals surface area contributed by atoms with Crippen molar-refractivity contribution in [2.24, 2.45) is 12.5 Å². The van der Waals surface area contributed by atoms with Gasteiger partial charge in [0, 0.05) is 25.4 Å². The monoisotopic (exact) mass is 465 g/mol. The number of benzene rings is 1. The molecule has 2 aromatic heterocycles. The Morgan fingerprint density at radius 3 is 2.68 bits per heavy atom. The van der Waals surface area contributed by atoms with Gasteiger partial charge in [-0.2, -0.15) is 0 Å². The summed E-state index contributed by atoms with van der Waals surface area (Å²) in [5.74, 6) is -0.498. The molecule has 1 N–H and O–H groups in total. The van der Waals surface area contributed by atoms with Crippen LogP contribution in [-0.4, -0.2) is 26.0 Å². The zero-order valence-corrected chi connectivity index (χ0v) is 20.1. The number of pyridine rings is 1. The maximum Gasteiger partial charge on any atom is 0.250 e. The summed E-state index contributed by atoms with van der Waals surface area (Å²) < 4.78 is 22.6. The van der Waals surface area contributed by atoms with E-state index < -0.39 is 5.82 Å². The number of rotatable bonds is 6. The predicted octanol–water partition coefficient (Wildman–Crippen LogP) is 5.87. The lowest BCUT2D eigenvalue weighted by molar-refractivity contribution is 0.118. The average Bonchev–Trinajstić information content (AvgIpc) is 2.97. The van der Waals surface area contributed by atoms with Gasteiger partial charge in [-0.3, -0.25) is 4.79 Å². The predicted molar refractivity (Wildman–Crippen MR) is 130 cm³/mol. The zero-order chi connectivity index (χ0) is 24.3. The summed E-state index contributed by atoms with van der Waals surface area (Å²) in [6.45, 7) is 4.56. The zero-order valence-electron chi connectivity index (χ0n) is 20.1. The Kier molecular flexibility index (Phi) is 7.00. The highest BCUT2D eigenvalue weighted by atomic mass is 19.1. The highest BCUT2D eigenvalue weighted by Gasteiger charge is 2.31. The highest BCUT2D eigenvalue weighted by Crippen LogP contribution is 2.40. The van der Waals surface area contributed by atoms with Gasteiger partial charge in [0.05, 0.1) is 11.3 Å². The quantitative estimate of drug-likeness (QED) is 0.461. The van der Waals surface area contributed by atoms with Crippen LogP contribution in [0.15, 0.2) is 47.4 Å². The van der Waals surface area contributed by atoms with Gasteiger partial charge in [-0.25, -0.2) is 4.39 Å². The number of aromatic hydroxyl groups is 1. The van der Waals surface area contributed by atoms with Crippen LogP contribution in [0, 0.1) is 11.2 Å². The first-order valence-electron chi connectivity index (χ1n) is 12.0. The van der Waals surface area contributed by atoms with Gasteiger partial charge in [0.2, 0.25) is 5.88 Å². The van der Waals surface area contributed by atoms with E-state index in [0.717, 1.165) is 25.7 Å². The standard InChI is InChI=1S/C27H32FN3O3/c1-4-11-27(2)12-6-5-7-20(17-27)34-24-9-8-22(29-30-24)26-21(28)14-19(15-23(26)32)18-10-13-31(3)25(33)16-18/h8-10,13-16,20,32H,4-7,11-12,17H2,1-3H3/t20-,27+/m0/s1. The molecule has 2 heterocycles. The Morgan fingerprint density at radius 2 is 2.00 bits per heavy atom. The molecule has 0 saturated heterocycles. The Bertz CT molecular complexity index is 1190. The van der Waals surface area contributed by atoms with Crippen LogP contribution in [0.5, 0.6) is 11.6 Å². The minimum absolute atomic E-state index is 0.0309. The molecule has 1 saturated carbocycles. The molecular formula is C27H32FN3O3. The Balaban J connectivity index is 1.53. The number of aromatic nitrogens is 3. The van der Waals surface area contributed by atoms with E-state index in [1.54, 1.807) is 31.4 Å². The number of halogens is 1. The van der Waals surface area contributed by atoms with Crippen LogP contribution in [0.1, 0.15) is 58.8 Å². The van der Waals surface area contributed by atoms with Crippen molar-refractivity contribution in [1.29, 1.82) is 0 Å². The number of ether oxygens (including phenoxy) is 1. The van der Waals surface area contributed by atoms with E-state index in [1.165, 1.54) is 42.0 Å². The highest BCUT2D eigenvalue weighted by molar-refractivity contribution is 5.74.